The van der Waals surface area contributed by atoms with Crippen molar-refractivity contribution in [1.82, 2.24) is 0 Å². The molecule has 0 bridgehead atoms. The van der Waals surface area contributed by atoms with Crippen LogP contribution in [0.4, 0.5) is 0 Å². The fourth-order valence-corrected chi connectivity index (χ4v) is 1.48. The van der Waals surface area contributed by atoms with Crippen LogP contribution in [0.3, 0.4) is 0 Å². The average molecular weight is 204 g/mol. The summed E-state index contributed by atoms with van der Waals surface area (Å²) in [4.78, 5) is 11.0. The maximum Gasteiger partial charge on any atom is 0.312 e. The van der Waals surface area contributed by atoms with Gasteiger partial charge in [0, 0.05) is 12.5 Å². The minimum atomic E-state index is -1.24. The van der Waals surface area contributed by atoms with E-state index in [4.69, 9.17) is 15.3 Å². The zero-order valence-electron chi connectivity index (χ0n) is 9.03. The van der Waals surface area contributed by atoms with Crippen LogP contribution in [-0.2, 0) is 4.79 Å². The molecule has 0 aromatic carbocycles. The van der Waals surface area contributed by atoms with Crippen molar-refractivity contribution in [2.24, 2.45) is 17.3 Å². The lowest BCUT2D eigenvalue weighted by Crippen LogP contribution is -2.41. The highest BCUT2D eigenvalue weighted by atomic mass is 16.4. The predicted molar refractivity (Wildman–Crippen MR) is 52.9 cm³/mol. The molecule has 2 atom stereocenters. The lowest BCUT2D eigenvalue weighted by molar-refractivity contribution is -0.156. The molecule has 0 radical (unpaired) electrons. The molecule has 4 nitrogen and oxygen atoms in total. The van der Waals surface area contributed by atoms with E-state index in [9.17, 15) is 4.79 Å². The molecule has 3 N–H and O–H groups in total. The minimum Gasteiger partial charge on any atom is -0.481 e. The molecule has 0 amide bonds. The maximum absolute atomic E-state index is 11.0. The van der Waals surface area contributed by atoms with Gasteiger partial charge in [-0.25, -0.2) is 0 Å². The minimum absolute atomic E-state index is 0.207. The zero-order valence-corrected chi connectivity index (χ0v) is 9.03. The van der Waals surface area contributed by atoms with Crippen molar-refractivity contribution in [2.45, 2.75) is 27.2 Å². The van der Waals surface area contributed by atoms with Crippen molar-refractivity contribution in [3.8, 4) is 0 Å². The van der Waals surface area contributed by atoms with E-state index >= 15 is 0 Å². The molecule has 0 fully saturated rings. The lowest BCUT2D eigenvalue weighted by atomic mass is 9.74. The van der Waals surface area contributed by atoms with E-state index in [0.29, 0.717) is 12.3 Å². The van der Waals surface area contributed by atoms with Gasteiger partial charge in [0.1, 0.15) is 0 Å². The maximum atomic E-state index is 11.0. The van der Waals surface area contributed by atoms with E-state index in [0.717, 1.165) is 0 Å². The van der Waals surface area contributed by atoms with Crippen molar-refractivity contribution >= 4 is 5.97 Å². The van der Waals surface area contributed by atoms with Gasteiger partial charge in [0.05, 0.1) is 12.0 Å². The van der Waals surface area contributed by atoms with Crippen LogP contribution < -0.4 is 0 Å². The van der Waals surface area contributed by atoms with Crippen molar-refractivity contribution in [1.29, 1.82) is 0 Å². The number of carbonyl (C=O) groups is 1. The first kappa shape index (κ1) is 13.4. The molecule has 0 saturated carbocycles. The van der Waals surface area contributed by atoms with Gasteiger partial charge in [-0.1, -0.05) is 13.8 Å². The highest BCUT2D eigenvalue weighted by molar-refractivity contribution is 5.74. The summed E-state index contributed by atoms with van der Waals surface area (Å²) in [6.07, 6.45) is 0.597. The van der Waals surface area contributed by atoms with Crippen molar-refractivity contribution < 1.29 is 20.1 Å². The van der Waals surface area contributed by atoms with Crippen LogP contribution in [0.5, 0.6) is 0 Å². The van der Waals surface area contributed by atoms with Crippen LogP contribution in [0, 0.1) is 17.3 Å². The Hall–Kier alpha value is -0.610. The monoisotopic (exact) mass is 204 g/mol. The molecule has 0 spiro atoms. The number of aliphatic hydroxyl groups is 2. The number of rotatable bonds is 6. The van der Waals surface area contributed by atoms with E-state index < -0.39 is 23.9 Å². The normalized spacial score (nSPS) is 17.9. The molecule has 4 heteroatoms. The summed E-state index contributed by atoms with van der Waals surface area (Å²) in [5.74, 6) is -1.15. The second kappa shape index (κ2) is 5.32. The Bertz CT molecular complexity index is 191. The van der Waals surface area contributed by atoms with E-state index in [2.05, 4.69) is 0 Å². The van der Waals surface area contributed by atoms with Gasteiger partial charge in [0.25, 0.3) is 0 Å². The van der Waals surface area contributed by atoms with Gasteiger partial charge in [-0.3, -0.25) is 4.79 Å². The quantitative estimate of drug-likeness (QED) is 0.596. The third kappa shape index (κ3) is 2.96. The molecule has 0 saturated heterocycles. The summed E-state index contributed by atoms with van der Waals surface area (Å²) in [5.41, 5.74) is -1.24. The molecule has 0 rings (SSSR count). The highest BCUT2D eigenvalue weighted by Gasteiger charge is 2.40. The number of hydrogen-bond donors (Lipinski definition) is 3. The molecule has 0 aliphatic rings. The zero-order chi connectivity index (χ0) is 11.4. The van der Waals surface area contributed by atoms with E-state index in [1.807, 2.05) is 13.8 Å². The first-order valence-corrected chi connectivity index (χ1v) is 4.83. The van der Waals surface area contributed by atoms with Crippen LogP contribution in [-0.4, -0.2) is 34.5 Å². The number of aliphatic carboxylic acids is 1. The molecule has 14 heavy (non-hydrogen) atoms. The van der Waals surface area contributed by atoms with Crippen molar-refractivity contribution in [2.75, 3.05) is 13.2 Å². The summed E-state index contributed by atoms with van der Waals surface area (Å²) < 4.78 is 0. The van der Waals surface area contributed by atoms with Gasteiger partial charge in [0.2, 0.25) is 0 Å². The average Bonchev–Trinajstić information content (AvgIpc) is 2.12. The van der Waals surface area contributed by atoms with Crippen molar-refractivity contribution in [3.05, 3.63) is 0 Å². The largest absolute Gasteiger partial charge is 0.481 e. The fraction of sp³-hybridized carbons (Fsp3) is 0.900. The molecule has 0 aliphatic carbocycles. The van der Waals surface area contributed by atoms with Crippen LogP contribution >= 0.6 is 0 Å². The van der Waals surface area contributed by atoms with Gasteiger partial charge >= 0.3 is 5.97 Å². The second-order valence-corrected chi connectivity index (χ2v) is 4.39. The van der Waals surface area contributed by atoms with E-state index in [1.54, 1.807) is 0 Å². The number of hydrogen-bond acceptors (Lipinski definition) is 3. The second-order valence-electron chi connectivity index (χ2n) is 4.39. The molecule has 0 aliphatic heterocycles. The Morgan fingerprint density at radius 2 is 1.86 bits per heavy atom. The number of carboxylic acids is 1. The lowest BCUT2D eigenvalue weighted by Gasteiger charge is -2.31. The van der Waals surface area contributed by atoms with Gasteiger partial charge in [0.15, 0.2) is 0 Å². The standard InChI is InChI=1S/C10H20O4/c1-7(2)4-8(5-11)10(3,6-12)9(13)14/h7-8,11-12H,4-6H2,1-3H3,(H,13,14). The Labute approximate surface area is 84.6 Å². The van der Waals surface area contributed by atoms with Crippen molar-refractivity contribution in [3.63, 3.8) is 0 Å². The summed E-state index contributed by atoms with van der Waals surface area (Å²) in [6, 6.07) is 0. The summed E-state index contributed by atoms with van der Waals surface area (Å²) in [6.45, 7) is 4.74. The predicted octanol–water partition coefficient (Wildman–Crippen LogP) is 0.724. The SMILES string of the molecule is CC(C)CC(CO)C(C)(CO)C(=O)O. The Morgan fingerprint density at radius 1 is 1.36 bits per heavy atom. The Morgan fingerprint density at radius 3 is 2.07 bits per heavy atom. The summed E-state index contributed by atoms with van der Waals surface area (Å²) in [7, 11) is 0. The molecule has 0 heterocycles. The molecular weight excluding hydrogens is 184 g/mol. The third-order valence-corrected chi connectivity index (χ3v) is 2.69. The van der Waals surface area contributed by atoms with Gasteiger partial charge in [-0.05, 0) is 19.3 Å². The van der Waals surface area contributed by atoms with E-state index in [-0.39, 0.29) is 6.61 Å². The summed E-state index contributed by atoms with van der Waals surface area (Å²) in [5, 5.41) is 27.2. The topological polar surface area (TPSA) is 77.8 Å². The highest BCUT2D eigenvalue weighted by Crippen LogP contribution is 2.31. The van der Waals surface area contributed by atoms with Crippen LogP contribution in [0.1, 0.15) is 27.2 Å². The first-order chi connectivity index (χ1) is 6.38. The Kier molecular flexibility index (Phi) is 5.08. The van der Waals surface area contributed by atoms with Gasteiger partial charge < -0.3 is 15.3 Å². The molecule has 0 aromatic heterocycles. The fourth-order valence-electron chi connectivity index (χ4n) is 1.48. The molecule has 84 valence electrons. The van der Waals surface area contributed by atoms with Gasteiger partial charge in [-0.2, -0.15) is 0 Å². The van der Waals surface area contributed by atoms with Gasteiger partial charge in [-0.15, -0.1) is 0 Å². The Balaban J connectivity index is 4.68. The number of aliphatic hydroxyl groups excluding tert-OH is 2. The smallest absolute Gasteiger partial charge is 0.312 e. The third-order valence-electron chi connectivity index (χ3n) is 2.69. The van der Waals surface area contributed by atoms with Crippen LogP contribution in [0.25, 0.3) is 0 Å². The van der Waals surface area contributed by atoms with Crippen LogP contribution in [0.2, 0.25) is 0 Å². The van der Waals surface area contributed by atoms with Crippen LogP contribution in [0.15, 0.2) is 0 Å². The van der Waals surface area contributed by atoms with E-state index in [1.165, 1.54) is 6.92 Å². The molecule has 0 aromatic rings. The summed E-state index contributed by atoms with van der Waals surface area (Å²) >= 11 is 0. The molecular formula is C10H20O4. The molecule has 2 unspecified atom stereocenters. The first-order valence-electron chi connectivity index (χ1n) is 4.83. The number of carboxylic acid groups (broad SMARTS) is 1.